The molecule has 21 heavy (non-hydrogen) atoms. The number of carbonyl (C=O) groups is 1. The quantitative estimate of drug-likeness (QED) is 0.937. The Morgan fingerprint density at radius 3 is 2.71 bits per heavy atom. The molecule has 2 aromatic heterocycles. The van der Waals surface area contributed by atoms with Crippen LogP contribution in [0, 0.1) is 6.92 Å². The molecular weight excluding hydrogens is 266 g/mol. The molecule has 0 unspecified atom stereocenters. The van der Waals surface area contributed by atoms with Crippen molar-refractivity contribution < 1.29 is 9.21 Å². The lowest BCUT2D eigenvalue weighted by Crippen LogP contribution is -2.23. The first-order valence-electron chi connectivity index (χ1n) is 7.27. The van der Waals surface area contributed by atoms with Gasteiger partial charge in [0.25, 0.3) is 5.91 Å². The average molecular weight is 285 g/mol. The van der Waals surface area contributed by atoms with Crippen LogP contribution in [0.4, 0.5) is 5.82 Å². The number of furan rings is 1. The van der Waals surface area contributed by atoms with E-state index in [-0.39, 0.29) is 5.91 Å². The summed E-state index contributed by atoms with van der Waals surface area (Å²) in [6.45, 7) is 4.44. The molecule has 1 amide bonds. The van der Waals surface area contributed by atoms with Gasteiger partial charge in [-0.3, -0.25) is 4.79 Å². The number of pyridine rings is 1. The van der Waals surface area contributed by atoms with Crippen LogP contribution in [0.15, 0.2) is 34.9 Å². The van der Waals surface area contributed by atoms with Gasteiger partial charge in [0, 0.05) is 25.8 Å². The summed E-state index contributed by atoms with van der Waals surface area (Å²) in [6, 6.07) is 7.48. The number of hydrogen-bond acceptors (Lipinski definition) is 4. The zero-order valence-corrected chi connectivity index (χ0v) is 12.1. The van der Waals surface area contributed by atoms with E-state index in [1.807, 2.05) is 25.3 Å². The lowest BCUT2D eigenvalue weighted by molar-refractivity contribution is 0.0922. The van der Waals surface area contributed by atoms with Gasteiger partial charge >= 0.3 is 0 Å². The van der Waals surface area contributed by atoms with Crippen molar-refractivity contribution >= 4 is 11.7 Å². The topological polar surface area (TPSA) is 58.4 Å². The molecule has 1 aliphatic rings. The number of hydrogen-bond donors (Lipinski definition) is 1. The molecular formula is C16H19N3O2. The second-order valence-corrected chi connectivity index (χ2v) is 5.31. The van der Waals surface area contributed by atoms with Crippen LogP contribution in [0.5, 0.6) is 0 Å². The molecule has 3 heterocycles. The number of aromatic nitrogens is 1. The summed E-state index contributed by atoms with van der Waals surface area (Å²) < 4.78 is 5.29. The molecule has 110 valence electrons. The van der Waals surface area contributed by atoms with Gasteiger partial charge in [-0.25, -0.2) is 4.98 Å². The number of anilines is 1. The molecule has 0 saturated carbocycles. The number of nitrogens with zero attached hydrogens (tertiary/aromatic N) is 2. The van der Waals surface area contributed by atoms with Crippen molar-refractivity contribution in [1.29, 1.82) is 0 Å². The van der Waals surface area contributed by atoms with Crippen molar-refractivity contribution in [2.24, 2.45) is 0 Å². The van der Waals surface area contributed by atoms with E-state index in [9.17, 15) is 4.79 Å². The van der Waals surface area contributed by atoms with E-state index in [4.69, 9.17) is 4.42 Å². The highest BCUT2D eigenvalue weighted by molar-refractivity contribution is 5.91. The highest BCUT2D eigenvalue weighted by Crippen LogP contribution is 2.17. The molecule has 1 fully saturated rings. The lowest BCUT2D eigenvalue weighted by Gasteiger charge is -2.16. The van der Waals surface area contributed by atoms with E-state index >= 15 is 0 Å². The Labute approximate surface area is 124 Å². The standard InChI is InChI=1S/C16H19N3O2/c1-12-4-6-14(21-12)16(20)18-11-13-5-7-15(17-10-13)19-8-2-3-9-19/h4-7,10H,2-3,8-9,11H2,1H3,(H,18,20). The van der Waals surface area contributed by atoms with Gasteiger partial charge in [0.15, 0.2) is 5.76 Å². The van der Waals surface area contributed by atoms with E-state index in [0.29, 0.717) is 12.3 Å². The van der Waals surface area contributed by atoms with Gasteiger partial charge in [-0.1, -0.05) is 6.07 Å². The molecule has 1 aliphatic heterocycles. The molecule has 0 aromatic carbocycles. The van der Waals surface area contributed by atoms with Crippen LogP contribution in [0.2, 0.25) is 0 Å². The molecule has 0 aliphatic carbocycles. The Kier molecular flexibility index (Phi) is 3.90. The average Bonchev–Trinajstić information content (AvgIpc) is 3.16. The molecule has 5 nitrogen and oxygen atoms in total. The fourth-order valence-electron chi connectivity index (χ4n) is 2.48. The molecule has 3 rings (SSSR count). The highest BCUT2D eigenvalue weighted by atomic mass is 16.3. The summed E-state index contributed by atoms with van der Waals surface area (Å²) in [4.78, 5) is 18.6. The van der Waals surface area contributed by atoms with Gasteiger partial charge in [0.2, 0.25) is 0 Å². The van der Waals surface area contributed by atoms with Crippen LogP contribution >= 0.6 is 0 Å². The summed E-state index contributed by atoms with van der Waals surface area (Å²) in [7, 11) is 0. The molecule has 0 radical (unpaired) electrons. The third kappa shape index (κ3) is 3.24. The Bertz CT molecular complexity index is 613. The summed E-state index contributed by atoms with van der Waals surface area (Å²) in [6.07, 6.45) is 4.30. The predicted molar refractivity (Wildman–Crippen MR) is 80.3 cm³/mol. The third-order valence-corrected chi connectivity index (χ3v) is 3.66. The summed E-state index contributed by atoms with van der Waals surface area (Å²) in [5.41, 5.74) is 0.981. The maximum absolute atomic E-state index is 11.9. The molecule has 1 N–H and O–H groups in total. The maximum Gasteiger partial charge on any atom is 0.287 e. The van der Waals surface area contributed by atoms with Crippen molar-refractivity contribution in [2.45, 2.75) is 26.3 Å². The monoisotopic (exact) mass is 285 g/mol. The first kappa shape index (κ1) is 13.7. The van der Waals surface area contributed by atoms with Crippen LogP contribution < -0.4 is 10.2 Å². The largest absolute Gasteiger partial charge is 0.456 e. The molecule has 0 spiro atoms. The minimum Gasteiger partial charge on any atom is -0.456 e. The fraction of sp³-hybridized carbons (Fsp3) is 0.375. The first-order valence-corrected chi connectivity index (χ1v) is 7.27. The fourth-order valence-corrected chi connectivity index (χ4v) is 2.48. The Morgan fingerprint density at radius 2 is 2.10 bits per heavy atom. The van der Waals surface area contributed by atoms with Gasteiger partial charge < -0.3 is 14.6 Å². The zero-order valence-electron chi connectivity index (χ0n) is 12.1. The van der Waals surface area contributed by atoms with Gasteiger partial charge in [-0.15, -0.1) is 0 Å². The number of amides is 1. The van der Waals surface area contributed by atoms with Crippen molar-refractivity contribution in [1.82, 2.24) is 10.3 Å². The van der Waals surface area contributed by atoms with E-state index in [0.717, 1.165) is 30.2 Å². The predicted octanol–water partition coefficient (Wildman–Crippen LogP) is 2.51. The third-order valence-electron chi connectivity index (χ3n) is 3.66. The van der Waals surface area contributed by atoms with Crippen LogP contribution in [0.25, 0.3) is 0 Å². The number of carbonyl (C=O) groups excluding carboxylic acids is 1. The van der Waals surface area contributed by atoms with Crippen LogP contribution in [-0.4, -0.2) is 24.0 Å². The maximum atomic E-state index is 11.9. The molecule has 0 atom stereocenters. The van der Waals surface area contributed by atoms with Crippen molar-refractivity contribution in [2.75, 3.05) is 18.0 Å². The summed E-state index contributed by atoms with van der Waals surface area (Å²) >= 11 is 0. The van der Waals surface area contributed by atoms with Crippen molar-refractivity contribution in [3.63, 3.8) is 0 Å². The molecule has 2 aromatic rings. The SMILES string of the molecule is Cc1ccc(C(=O)NCc2ccc(N3CCCC3)nc2)o1. The molecule has 5 heteroatoms. The molecule has 0 bridgehead atoms. The van der Waals surface area contributed by atoms with E-state index < -0.39 is 0 Å². The van der Waals surface area contributed by atoms with Crippen LogP contribution in [0.3, 0.4) is 0 Å². The van der Waals surface area contributed by atoms with Gasteiger partial charge in [0.1, 0.15) is 11.6 Å². The van der Waals surface area contributed by atoms with Crippen molar-refractivity contribution in [3.05, 3.63) is 47.5 Å². The van der Waals surface area contributed by atoms with Gasteiger partial charge in [0.05, 0.1) is 0 Å². The van der Waals surface area contributed by atoms with Gasteiger partial charge in [-0.2, -0.15) is 0 Å². The second-order valence-electron chi connectivity index (χ2n) is 5.31. The Morgan fingerprint density at radius 1 is 1.29 bits per heavy atom. The van der Waals surface area contributed by atoms with E-state index in [1.165, 1.54) is 12.8 Å². The van der Waals surface area contributed by atoms with Crippen LogP contribution in [0.1, 0.15) is 34.7 Å². The number of rotatable bonds is 4. The lowest BCUT2D eigenvalue weighted by atomic mass is 10.2. The smallest absolute Gasteiger partial charge is 0.287 e. The van der Waals surface area contributed by atoms with Crippen molar-refractivity contribution in [3.8, 4) is 0 Å². The zero-order chi connectivity index (χ0) is 14.7. The summed E-state index contributed by atoms with van der Waals surface area (Å²) in [5, 5.41) is 2.83. The van der Waals surface area contributed by atoms with Crippen LogP contribution in [-0.2, 0) is 6.54 Å². The van der Waals surface area contributed by atoms with E-state index in [1.54, 1.807) is 12.1 Å². The minimum absolute atomic E-state index is 0.202. The Balaban J connectivity index is 1.56. The minimum atomic E-state index is -0.202. The molecule has 1 saturated heterocycles. The number of aryl methyl sites for hydroxylation is 1. The Hall–Kier alpha value is -2.30. The van der Waals surface area contributed by atoms with Gasteiger partial charge in [-0.05, 0) is 43.5 Å². The van der Waals surface area contributed by atoms with E-state index in [2.05, 4.69) is 15.2 Å². The first-order chi connectivity index (χ1) is 10.2. The highest BCUT2D eigenvalue weighted by Gasteiger charge is 2.13. The normalized spacial score (nSPS) is 14.4. The second kappa shape index (κ2) is 5.99. The summed E-state index contributed by atoms with van der Waals surface area (Å²) in [5.74, 6) is 1.89. The number of nitrogens with one attached hydrogen (secondary N) is 1.